The van der Waals surface area contributed by atoms with Crippen LogP contribution in [0.15, 0.2) is 35.9 Å². The number of hydrogen-bond acceptors (Lipinski definition) is 3. The fourth-order valence-corrected chi connectivity index (χ4v) is 0.484. The molecule has 0 aliphatic carbocycles. The van der Waals surface area contributed by atoms with Crippen molar-refractivity contribution in [2.75, 3.05) is 14.2 Å². The van der Waals surface area contributed by atoms with E-state index in [9.17, 15) is 0 Å². The highest BCUT2D eigenvalue weighted by molar-refractivity contribution is 5.20. The van der Waals surface area contributed by atoms with Crippen LogP contribution in [0.5, 0.6) is 0 Å². The molecular weight excluding hydrogens is 154 g/mol. The summed E-state index contributed by atoms with van der Waals surface area (Å²) in [7, 11) is 3.18. The van der Waals surface area contributed by atoms with E-state index in [1.54, 1.807) is 32.4 Å². The minimum absolute atomic E-state index is 0.619. The first kappa shape index (κ1) is 10.6. The number of nitrogens with two attached hydrogens (primary N) is 1. The minimum Gasteiger partial charge on any atom is -0.504 e. The van der Waals surface area contributed by atoms with E-state index in [0.717, 1.165) is 5.76 Å². The Balaban J connectivity index is 4.08. The van der Waals surface area contributed by atoms with Gasteiger partial charge in [0.1, 0.15) is 0 Å². The lowest BCUT2D eigenvalue weighted by molar-refractivity contribution is 0.294. The summed E-state index contributed by atoms with van der Waals surface area (Å²) in [5, 5.41) is 0. The lowest BCUT2D eigenvalue weighted by Gasteiger charge is -1.95. The van der Waals surface area contributed by atoms with E-state index in [-0.39, 0.29) is 0 Å². The van der Waals surface area contributed by atoms with E-state index < -0.39 is 0 Å². The van der Waals surface area contributed by atoms with Gasteiger partial charge in [0.2, 0.25) is 0 Å². The molecule has 0 aromatic rings. The molecule has 0 aromatic heterocycles. The fraction of sp³-hybridized carbons (Fsp3) is 0.333. The van der Waals surface area contributed by atoms with Crippen LogP contribution in [0, 0.1) is 0 Å². The number of allylic oxidation sites excluding steroid dienone is 4. The summed E-state index contributed by atoms with van der Waals surface area (Å²) in [4.78, 5) is 0. The molecular formula is C9H15NO2. The van der Waals surface area contributed by atoms with Crippen LogP contribution in [0.3, 0.4) is 0 Å². The Kier molecular flexibility index (Phi) is 5.61. The standard InChI is InChI=1S/C9H15NO2/c1-8(12-3)4-5-9(10)6-7-11-2/h4-7H,10H2,1-3H3/b7-6+,8-4+,9-5+. The van der Waals surface area contributed by atoms with Gasteiger partial charge in [-0.1, -0.05) is 0 Å². The van der Waals surface area contributed by atoms with Crippen LogP contribution < -0.4 is 5.73 Å². The van der Waals surface area contributed by atoms with Crippen LogP contribution in [-0.2, 0) is 9.47 Å². The van der Waals surface area contributed by atoms with Crippen LogP contribution >= 0.6 is 0 Å². The third-order valence-corrected chi connectivity index (χ3v) is 1.23. The summed E-state index contributed by atoms with van der Waals surface area (Å²) >= 11 is 0. The highest BCUT2D eigenvalue weighted by atomic mass is 16.5. The van der Waals surface area contributed by atoms with Crippen molar-refractivity contribution in [1.29, 1.82) is 0 Å². The SMILES string of the molecule is CO/C=C/C(N)=C\C=C(/C)OC. The number of methoxy groups -OCH3 is 2. The largest absolute Gasteiger partial charge is 0.504 e. The maximum absolute atomic E-state index is 5.56. The molecule has 0 amide bonds. The first-order valence-corrected chi connectivity index (χ1v) is 3.58. The smallest absolute Gasteiger partial charge is 0.0925 e. The van der Waals surface area contributed by atoms with Gasteiger partial charge in [-0.3, -0.25) is 0 Å². The fourth-order valence-electron chi connectivity index (χ4n) is 0.484. The maximum atomic E-state index is 5.56. The van der Waals surface area contributed by atoms with Crippen molar-refractivity contribution in [2.24, 2.45) is 5.73 Å². The van der Waals surface area contributed by atoms with Gasteiger partial charge >= 0.3 is 0 Å². The average Bonchev–Trinajstić information content (AvgIpc) is 2.10. The third-order valence-electron chi connectivity index (χ3n) is 1.23. The molecule has 0 atom stereocenters. The summed E-state index contributed by atoms with van der Waals surface area (Å²) in [6.07, 6.45) is 6.71. The van der Waals surface area contributed by atoms with Gasteiger partial charge in [0.05, 0.1) is 26.2 Å². The Labute approximate surface area is 73.2 Å². The van der Waals surface area contributed by atoms with E-state index in [0.29, 0.717) is 5.70 Å². The summed E-state index contributed by atoms with van der Waals surface area (Å²) in [5.41, 5.74) is 6.18. The predicted octanol–water partition coefficient (Wildman–Crippen LogP) is 1.54. The van der Waals surface area contributed by atoms with Crippen molar-refractivity contribution in [3.8, 4) is 0 Å². The topological polar surface area (TPSA) is 44.5 Å². The molecule has 2 N–H and O–H groups in total. The van der Waals surface area contributed by atoms with Crippen LogP contribution in [0.2, 0.25) is 0 Å². The number of rotatable bonds is 4. The molecule has 0 rings (SSSR count). The molecule has 0 saturated carbocycles. The highest BCUT2D eigenvalue weighted by Crippen LogP contribution is 1.95. The lowest BCUT2D eigenvalue weighted by Crippen LogP contribution is -1.92. The molecule has 0 heterocycles. The van der Waals surface area contributed by atoms with Crippen molar-refractivity contribution >= 4 is 0 Å². The molecule has 0 aliphatic heterocycles. The van der Waals surface area contributed by atoms with Gasteiger partial charge in [0.25, 0.3) is 0 Å². The van der Waals surface area contributed by atoms with Gasteiger partial charge in [-0.2, -0.15) is 0 Å². The molecule has 0 aliphatic rings. The van der Waals surface area contributed by atoms with Gasteiger partial charge in [-0.15, -0.1) is 0 Å². The Morgan fingerprint density at radius 3 is 2.42 bits per heavy atom. The third kappa shape index (κ3) is 5.41. The van der Waals surface area contributed by atoms with Crippen LogP contribution in [0.25, 0.3) is 0 Å². The molecule has 0 fully saturated rings. The number of hydrogen-bond donors (Lipinski definition) is 1. The lowest BCUT2D eigenvalue weighted by atomic mass is 10.3. The van der Waals surface area contributed by atoms with Crippen LogP contribution in [0.4, 0.5) is 0 Å². The van der Waals surface area contributed by atoms with Crippen molar-refractivity contribution in [3.05, 3.63) is 35.9 Å². The van der Waals surface area contributed by atoms with E-state index in [2.05, 4.69) is 0 Å². The summed E-state index contributed by atoms with van der Waals surface area (Å²) < 4.78 is 9.60. The molecule has 3 heteroatoms. The summed E-state index contributed by atoms with van der Waals surface area (Å²) in [6.45, 7) is 1.85. The first-order chi connectivity index (χ1) is 5.70. The monoisotopic (exact) mass is 169 g/mol. The highest BCUT2D eigenvalue weighted by Gasteiger charge is 1.82. The van der Waals surface area contributed by atoms with Gasteiger partial charge in [-0.25, -0.2) is 0 Å². The second kappa shape index (κ2) is 6.34. The molecule has 0 unspecified atom stereocenters. The van der Waals surface area contributed by atoms with Gasteiger partial charge in [-0.05, 0) is 25.2 Å². The van der Waals surface area contributed by atoms with Crippen molar-refractivity contribution in [1.82, 2.24) is 0 Å². The van der Waals surface area contributed by atoms with Crippen LogP contribution in [-0.4, -0.2) is 14.2 Å². The molecule has 3 nitrogen and oxygen atoms in total. The zero-order valence-corrected chi connectivity index (χ0v) is 7.70. The predicted molar refractivity (Wildman–Crippen MR) is 49.2 cm³/mol. The summed E-state index contributed by atoms with van der Waals surface area (Å²) in [6, 6.07) is 0. The average molecular weight is 169 g/mol. The zero-order chi connectivity index (χ0) is 9.40. The summed E-state index contributed by atoms with van der Waals surface area (Å²) in [5.74, 6) is 0.809. The molecule has 0 bridgehead atoms. The van der Waals surface area contributed by atoms with Crippen LogP contribution in [0.1, 0.15) is 6.92 Å². The van der Waals surface area contributed by atoms with E-state index >= 15 is 0 Å². The molecule has 0 aromatic carbocycles. The second-order valence-corrected chi connectivity index (χ2v) is 2.19. The van der Waals surface area contributed by atoms with Crippen molar-refractivity contribution in [2.45, 2.75) is 6.92 Å². The minimum atomic E-state index is 0.619. The van der Waals surface area contributed by atoms with Crippen molar-refractivity contribution < 1.29 is 9.47 Å². The first-order valence-electron chi connectivity index (χ1n) is 3.58. The second-order valence-electron chi connectivity index (χ2n) is 2.19. The van der Waals surface area contributed by atoms with E-state index in [4.69, 9.17) is 15.2 Å². The Bertz CT molecular complexity index is 205. The zero-order valence-electron chi connectivity index (χ0n) is 7.70. The quantitative estimate of drug-likeness (QED) is 0.513. The Morgan fingerprint density at radius 2 is 1.92 bits per heavy atom. The van der Waals surface area contributed by atoms with E-state index in [1.807, 2.05) is 6.92 Å². The van der Waals surface area contributed by atoms with E-state index in [1.165, 1.54) is 6.26 Å². The van der Waals surface area contributed by atoms with Gasteiger partial charge in [0.15, 0.2) is 0 Å². The van der Waals surface area contributed by atoms with Gasteiger partial charge in [0, 0.05) is 5.70 Å². The van der Waals surface area contributed by atoms with Gasteiger partial charge < -0.3 is 15.2 Å². The Hall–Kier alpha value is -1.38. The molecule has 68 valence electrons. The number of ether oxygens (including phenoxy) is 2. The Morgan fingerprint density at radius 1 is 1.25 bits per heavy atom. The maximum Gasteiger partial charge on any atom is 0.0925 e. The van der Waals surface area contributed by atoms with Crippen molar-refractivity contribution in [3.63, 3.8) is 0 Å². The molecule has 0 spiro atoms. The molecule has 0 saturated heterocycles. The normalized spacial score (nSPS) is 13.6. The molecule has 12 heavy (non-hydrogen) atoms. The molecule has 0 radical (unpaired) electrons.